The molecular weight excluding hydrogens is 369 g/mol. The highest BCUT2D eigenvalue weighted by atomic mass is 19.1. The Morgan fingerprint density at radius 3 is 2.41 bits per heavy atom. The Morgan fingerprint density at radius 2 is 1.62 bits per heavy atom. The minimum Gasteiger partial charge on any atom is -0.493 e. The highest BCUT2D eigenvalue weighted by molar-refractivity contribution is 5.73. The van der Waals surface area contributed by atoms with E-state index in [0.29, 0.717) is 42.7 Å². The molecule has 0 saturated heterocycles. The van der Waals surface area contributed by atoms with Crippen LogP contribution >= 0.6 is 0 Å². The Kier molecular flexibility index (Phi) is 5.33. The number of anilines is 1. The molecule has 29 heavy (non-hydrogen) atoms. The number of hydrogen-bond donors (Lipinski definition) is 1. The highest BCUT2D eigenvalue weighted by Gasteiger charge is 2.21. The van der Waals surface area contributed by atoms with Crippen molar-refractivity contribution in [3.63, 3.8) is 0 Å². The summed E-state index contributed by atoms with van der Waals surface area (Å²) in [6, 6.07) is 22.2. The van der Waals surface area contributed by atoms with Gasteiger partial charge in [-0.3, -0.25) is 5.73 Å². The van der Waals surface area contributed by atoms with Crippen LogP contribution in [0.5, 0.6) is 11.5 Å². The second-order valence-electron chi connectivity index (χ2n) is 6.68. The molecule has 3 aromatic carbocycles. The van der Waals surface area contributed by atoms with Gasteiger partial charge in [0.2, 0.25) is 0 Å². The van der Waals surface area contributed by atoms with E-state index in [0.717, 1.165) is 11.0 Å². The van der Waals surface area contributed by atoms with Crippen molar-refractivity contribution in [3.05, 3.63) is 84.2 Å². The number of hydrogen-bond acceptors (Lipinski definition) is 3. The monoisotopic (exact) mass is 392 g/mol. The van der Waals surface area contributed by atoms with Crippen LogP contribution in [0, 0.1) is 5.82 Å². The first-order valence-corrected chi connectivity index (χ1v) is 9.45. The maximum Gasteiger partial charge on any atom is 0.356 e. The molecule has 4 rings (SSSR count). The summed E-state index contributed by atoms with van der Waals surface area (Å²) in [6.45, 7) is 1.33. The Hall–Kier alpha value is -3.54. The maximum atomic E-state index is 14.2. The zero-order chi connectivity index (χ0) is 20.2. The number of nitrogens with two attached hydrogens (primary N) is 1. The fourth-order valence-electron chi connectivity index (χ4n) is 3.50. The second-order valence-corrected chi connectivity index (χ2v) is 6.68. The third-order valence-corrected chi connectivity index (χ3v) is 4.94. The van der Waals surface area contributed by atoms with Crippen molar-refractivity contribution in [1.82, 2.24) is 4.57 Å². The molecule has 1 aromatic heterocycles. The molecule has 0 atom stereocenters. The Labute approximate surface area is 168 Å². The lowest BCUT2D eigenvalue weighted by molar-refractivity contribution is -0.648. The first-order valence-electron chi connectivity index (χ1n) is 9.45. The first kappa shape index (κ1) is 18.8. The number of rotatable bonds is 7. The number of aromatic nitrogens is 2. The van der Waals surface area contributed by atoms with Crippen molar-refractivity contribution in [2.75, 3.05) is 19.5 Å². The average molecular weight is 392 g/mol. The van der Waals surface area contributed by atoms with E-state index in [1.807, 2.05) is 63.7 Å². The van der Waals surface area contributed by atoms with Crippen LogP contribution in [0.1, 0.15) is 5.56 Å². The zero-order valence-electron chi connectivity index (χ0n) is 16.2. The predicted molar refractivity (Wildman–Crippen MR) is 111 cm³/mol. The summed E-state index contributed by atoms with van der Waals surface area (Å²) < 4.78 is 29.3. The number of ether oxygens (including phenoxy) is 2. The van der Waals surface area contributed by atoms with Crippen LogP contribution in [0.25, 0.3) is 11.0 Å². The topological polar surface area (TPSA) is 53.3 Å². The van der Waals surface area contributed by atoms with Crippen LogP contribution in [-0.2, 0) is 13.1 Å². The van der Waals surface area contributed by atoms with Gasteiger partial charge < -0.3 is 9.47 Å². The molecule has 0 aliphatic carbocycles. The fourth-order valence-corrected chi connectivity index (χ4v) is 3.50. The molecule has 0 aliphatic heterocycles. The Morgan fingerprint density at radius 1 is 0.931 bits per heavy atom. The summed E-state index contributed by atoms with van der Waals surface area (Å²) in [7, 11) is 1.62. The van der Waals surface area contributed by atoms with Crippen molar-refractivity contribution in [2.24, 2.45) is 0 Å². The van der Waals surface area contributed by atoms with Crippen molar-refractivity contribution < 1.29 is 18.4 Å². The molecule has 0 spiro atoms. The summed E-state index contributed by atoms with van der Waals surface area (Å²) in [4.78, 5) is 0. The van der Waals surface area contributed by atoms with Gasteiger partial charge in [-0.25, -0.2) is 13.5 Å². The van der Waals surface area contributed by atoms with Gasteiger partial charge in [0.05, 0.1) is 7.11 Å². The van der Waals surface area contributed by atoms with Crippen molar-refractivity contribution in [2.45, 2.75) is 13.1 Å². The van der Waals surface area contributed by atoms with Gasteiger partial charge >= 0.3 is 5.95 Å². The van der Waals surface area contributed by atoms with E-state index in [2.05, 4.69) is 0 Å². The quantitative estimate of drug-likeness (QED) is 0.487. The average Bonchev–Trinajstić information content (AvgIpc) is 3.01. The van der Waals surface area contributed by atoms with Crippen LogP contribution in [0.3, 0.4) is 0 Å². The van der Waals surface area contributed by atoms with Gasteiger partial charge in [-0.15, -0.1) is 0 Å². The van der Waals surface area contributed by atoms with Gasteiger partial charge in [-0.05, 0) is 30.3 Å². The number of nitrogens with zero attached hydrogens (tertiary/aromatic N) is 2. The van der Waals surface area contributed by atoms with E-state index in [-0.39, 0.29) is 5.82 Å². The van der Waals surface area contributed by atoms with E-state index < -0.39 is 0 Å². The van der Waals surface area contributed by atoms with Gasteiger partial charge in [0, 0.05) is 5.56 Å². The lowest BCUT2D eigenvalue weighted by atomic mass is 10.2. The van der Waals surface area contributed by atoms with E-state index in [4.69, 9.17) is 15.2 Å². The molecule has 2 N–H and O–H groups in total. The van der Waals surface area contributed by atoms with Crippen molar-refractivity contribution >= 4 is 17.0 Å². The number of fused-ring (bicyclic) bond motifs is 1. The molecule has 0 unspecified atom stereocenters. The van der Waals surface area contributed by atoms with Crippen molar-refractivity contribution in [3.8, 4) is 11.5 Å². The number of imidazole rings is 1. The van der Waals surface area contributed by atoms with Gasteiger partial charge in [-0.1, -0.05) is 42.5 Å². The fraction of sp³-hybridized carbons (Fsp3) is 0.174. The van der Waals surface area contributed by atoms with Crippen LogP contribution in [0.2, 0.25) is 0 Å². The standard InChI is InChI=1S/C23H22FN3O2/c1-28-21-12-6-7-13-22(21)29-15-14-26-19-10-4-5-11-20(19)27(23(26)25)16-17-8-2-3-9-18(17)24/h2-13,25H,14-16H2,1H3/p+1. The Bertz CT molecular complexity index is 1140. The molecule has 0 radical (unpaired) electrons. The number of methoxy groups -OCH3 is 1. The van der Waals surface area contributed by atoms with Crippen LogP contribution in [0.4, 0.5) is 10.3 Å². The summed E-state index contributed by atoms with van der Waals surface area (Å²) >= 11 is 0. The minimum absolute atomic E-state index is 0.240. The van der Waals surface area contributed by atoms with E-state index in [1.165, 1.54) is 6.07 Å². The second kappa shape index (κ2) is 8.22. The molecule has 5 nitrogen and oxygen atoms in total. The van der Waals surface area contributed by atoms with Crippen LogP contribution in [0.15, 0.2) is 72.8 Å². The summed E-state index contributed by atoms with van der Waals surface area (Å²) in [5.74, 6) is 1.69. The molecule has 0 amide bonds. The number of benzene rings is 3. The largest absolute Gasteiger partial charge is 0.493 e. The molecule has 0 fully saturated rings. The predicted octanol–water partition coefficient (Wildman–Crippen LogP) is 3.79. The zero-order valence-corrected chi connectivity index (χ0v) is 16.2. The van der Waals surface area contributed by atoms with Gasteiger partial charge in [-0.2, -0.15) is 0 Å². The van der Waals surface area contributed by atoms with Crippen LogP contribution in [-0.4, -0.2) is 18.3 Å². The third-order valence-electron chi connectivity index (χ3n) is 4.94. The van der Waals surface area contributed by atoms with E-state index >= 15 is 0 Å². The normalized spacial score (nSPS) is 11.0. The lowest BCUT2D eigenvalue weighted by Crippen LogP contribution is -2.37. The maximum absolute atomic E-state index is 14.2. The lowest BCUT2D eigenvalue weighted by Gasteiger charge is -2.10. The SMILES string of the molecule is COc1ccccc1OCCn1c(N)[n+](Cc2ccccc2F)c2ccccc21. The summed E-state index contributed by atoms with van der Waals surface area (Å²) in [5, 5.41) is 0. The number of para-hydroxylation sites is 4. The van der Waals surface area contributed by atoms with Crippen molar-refractivity contribution in [1.29, 1.82) is 0 Å². The first-order chi connectivity index (χ1) is 14.2. The van der Waals surface area contributed by atoms with Gasteiger partial charge in [0.1, 0.15) is 36.5 Å². The molecule has 148 valence electrons. The molecule has 4 aromatic rings. The molecular formula is C23H23FN3O2+. The molecule has 0 aliphatic rings. The smallest absolute Gasteiger partial charge is 0.356 e. The van der Waals surface area contributed by atoms with Crippen LogP contribution < -0.4 is 19.8 Å². The minimum atomic E-state index is -0.240. The number of halogens is 1. The Balaban J connectivity index is 1.61. The third kappa shape index (κ3) is 3.74. The van der Waals surface area contributed by atoms with E-state index in [9.17, 15) is 4.39 Å². The number of nitrogen functional groups attached to an aromatic ring is 1. The molecule has 6 heteroatoms. The highest BCUT2D eigenvalue weighted by Crippen LogP contribution is 2.26. The molecule has 0 saturated carbocycles. The summed E-state index contributed by atoms with van der Waals surface area (Å²) in [6.07, 6.45) is 0. The molecule has 1 heterocycles. The van der Waals surface area contributed by atoms with Gasteiger partial charge in [0.25, 0.3) is 0 Å². The molecule has 0 bridgehead atoms. The van der Waals surface area contributed by atoms with E-state index in [1.54, 1.807) is 19.2 Å². The van der Waals surface area contributed by atoms with Gasteiger partial charge in [0.15, 0.2) is 11.5 Å². The summed E-state index contributed by atoms with van der Waals surface area (Å²) in [5.41, 5.74) is 8.99.